The summed E-state index contributed by atoms with van der Waals surface area (Å²) in [4.78, 5) is 15.9. The number of amides is 1. The first-order chi connectivity index (χ1) is 7.66. The van der Waals surface area contributed by atoms with Crippen LogP contribution in [0.5, 0.6) is 0 Å². The van der Waals surface area contributed by atoms with Crippen molar-refractivity contribution < 1.29 is 9.53 Å². The number of rotatable bonds is 3. The number of carbonyl (C=O) groups excluding carboxylic acids is 1. The molecule has 2 saturated heterocycles. The van der Waals surface area contributed by atoms with Crippen molar-refractivity contribution in [3.63, 3.8) is 0 Å². The summed E-state index contributed by atoms with van der Waals surface area (Å²) in [6.07, 6.45) is 0.507. The van der Waals surface area contributed by atoms with Gasteiger partial charge in [0, 0.05) is 44.7 Å². The molecular formula is C11H21N3O2. The van der Waals surface area contributed by atoms with Gasteiger partial charge in [0.2, 0.25) is 5.91 Å². The van der Waals surface area contributed by atoms with E-state index in [-0.39, 0.29) is 18.0 Å². The van der Waals surface area contributed by atoms with Gasteiger partial charge in [-0.15, -0.1) is 0 Å². The molecule has 0 aromatic carbocycles. The molecule has 2 fully saturated rings. The highest BCUT2D eigenvalue weighted by atomic mass is 16.5. The topological polar surface area (TPSA) is 58.8 Å². The third-order valence-electron chi connectivity index (χ3n) is 3.35. The van der Waals surface area contributed by atoms with Crippen molar-refractivity contribution in [2.45, 2.75) is 25.4 Å². The number of morpholine rings is 1. The molecule has 0 radical (unpaired) electrons. The number of nitrogens with two attached hydrogens (primary N) is 1. The van der Waals surface area contributed by atoms with Crippen LogP contribution in [0, 0.1) is 0 Å². The van der Waals surface area contributed by atoms with E-state index in [2.05, 4.69) is 11.8 Å². The first-order valence-corrected chi connectivity index (χ1v) is 6.02. The lowest BCUT2D eigenvalue weighted by molar-refractivity contribution is -0.129. The Bertz CT molecular complexity index is 254. The summed E-state index contributed by atoms with van der Waals surface area (Å²) in [6, 6.07) is 0.291. The van der Waals surface area contributed by atoms with Crippen LogP contribution in [0.2, 0.25) is 0 Å². The Morgan fingerprint density at radius 2 is 2.19 bits per heavy atom. The summed E-state index contributed by atoms with van der Waals surface area (Å²) < 4.78 is 5.30. The Balaban J connectivity index is 1.82. The third-order valence-corrected chi connectivity index (χ3v) is 3.35. The number of ether oxygens (including phenoxy) is 1. The molecule has 2 atom stereocenters. The summed E-state index contributed by atoms with van der Waals surface area (Å²) >= 11 is 0. The Morgan fingerprint density at radius 3 is 2.75 bits per heavy atom. The number of hydrogen-bond donors (Lipinski definition) is 1. The van der Waals surface area contributed by atoms with Gasteiger partial charge in [0.1, 0.15) is 0 Å². The van der Waals surface area contributed by atoms with Crippen LogP contribution in [-0.2, 0) is 9.53 Å². The molecule has 5 heteroatoms. The molecule has 1 amide bonds. The molecule has 2 heterocycles. The normalized spacial score (nSPS) is 29.8. The summed E-state index contributed by atoms with van der Waals surface area (Å²) in [6.45, 7) is 7.30. The third kappa shape index (κ3) is 2.72. The van der Waals surface area contributed by atoms with Crippen LogP contribution in [0.1, 0.15) is 13.3 Å². The maximum atomic E-state index is 11.7. The molecule has 0 bridgehead atoms. The minimum Gasteiger partial charge on any atom is -0.379 e. The van der Waals surface area contributed by atoms with Crippen LogP contribution in [0.25, 0.3) is 0 Å². The molecule has 0 aromatic heterocycles. The average molecular weight is 227 g/mol. The number of hydrogen-bond acceptors (Lipinski definition) is 4. The highest BCUT2D eigenvalue weighted by Gasteiger charge is 2.31. The van der Waals surface area contributed by atoms with Crippen molar-refractivity contribution in [1.29, 1.82) is 0 Å². The minimum atomic E-state index is 0.0274. The number of nitrogens with zero attached hydrogens (tertiary/aromatic N) is 2. The summed E-state index contributed by atoms with van der Waals surface area (Å²) in [5, 5.41) is 0. The van der Waals surface area contributed by atoms with Crippen molar-refractivity contribution in [1.82, 2.24) is 9.80 Å². The average Bonchev–Trinajstić information content (AvgIpc) is 2.59. The minimum absolute atomic E-state index is 0.0274. The second-order valence-electron chi connectivity index (χ2n) is 4.77. The maximum absolute atomic E-state index is 11.7. The molecular weight excluding hydrogens is 206 g/mol. The largest absolute Gasteiger partial charge is 0.379 e. The van der Waals surface area contributed by atoms with E-state index >= 15 is 0 Å². The summed E-state index contributed by atoms with van der Waals surface area (Å²) in [7, 11) is 0. The van der Waals surface area contributed by atoms with E-state index in [1.807, 2.05) is 4.90 Å². The van der Waals surface area contributed by atoms with Crippen molar-refractivity contribution in [2.75, 3.05) is 39.4 Å². The molecule has 2 rings (SSSR count). The van der Waals surface area contributed by atoms with Crippen LogP contribution >= 0.6 is 0 Å². The molecule has 2 unspecified atom stereocenters. The molecule has 0 saturated carbocycles. The van der Waals surface area contributed by atoms with Gasteiger partial charge in [0.25, 0.3) is 0 Å². The van der Waals surface area contributed by atoms with Gasteiger partial charge in [-0.2, -0.15) is 0 Å². The van der Waals surface area contributed by atoms with Gasteiger partial charge in [-0.1, -0.05) is 0 Å². The fourth-order valence-electron chi connectivity index (χ4n) is 2.44. The molecule has 0 spiro atoms. The molecule has 92 valence electrons. The maximum Gasteiger partial charge on any atom is 0.224 e. The Morgan fingerprint density at radius 1 is 1.50 bits per heavy atom. The fourth-order valence-corrected chi connectivity index (χ4v) is 2.44. The zero-order valence-electron chi connectivity index (χ0n) is 9.89. The van der Waals surface area contributed by atoms with E-state index in [4.69, 9.17) is 10.5 Å². The number of carbonyl (C=O) groups is 1. The second kappa shape index (κ2) is 5.12. The van der Waals surface area contributed by atoms with E-state index in [0.717, 1.165) is 32.8 Å². The SMILES string of the molecule is CC(CN1CCOCC1)N1CC(N)CC1=O. The van der Waals surface area contributed by atoms with Crippen molar-refractivity contribution in [3.8, 4) is 0 Å². The lowest BCUT2D eigenvalue weighted by Crippen LogP contribution is -2.47. The Hall–Kier alpha value is -0.650. The Labute approximate surface area is 96.5 Å². The molecule has 0 aliphatic carbocycles. The van der Waals surface area contributed by atoms with Crippen molar-refractivity contribution >= 4 is 5.91 Å². The second-order valence-corrected chi connectivity index (χ2v) is 4.77. The molecule has 16 heavy (non-hydrogen) atoms. The lowest BCUT2D eigenvalue weighted by atomic mass is 10.2. The molecule has 2 N–H and O–H groups in total. The molecule has 2 aliphatic heterocycles. The van der Waals surface area contributed by atoms with Crippen LogP contribution in [0.4, 0.5) is 0 Å². The van der Waals surface area contributed by atoms with Gasteiger partial charge in [-0.3, -0.25) is 9.69 Å². The van der Waals surface area contributed by atoms with Gasteiger partial charge in [-0.05, 0) is 6.92 Å². The van der Waals surface area contributed by atoms with Crippen LogP contribution < -0.4 is 5.73 Å². The van der Waals surface area contributed by atoms with Crippen molar-refractivity contribution in [3.05, 3.63) is 0 Å². The van der Waals surface area contributed by atoms with Crippen LogP contribution in [0.3, 0.4) is 0 Å². The molecule has 0 aromatic rings. The zero-order valence-corrected chi connectivity index (χ0v) is 9.89. The number of likely N-dealkylation sites (tertiary alicyclic amines) is 1. The van der Waals surface area contributed by atoms with E-state index in [0.29, 0.717) is 13.0 Å². The van der Waals surface area contributed by atoms with Gasteiger partial charge in [0.15, 0.2) is 0 Å². The monoisotopic (exact) mass is 227 g/mol. The van der Waals surface area contributed by atoms with E-state index < -0.39 is 0 Å². The van der Waals surface area contributed by atoms with Crippen LogP contribution in [-0.4, -0.2) is 67.2 Å². The van der Waals surface area contributed by atoms with Gasteiger partial charge in [0.05, 0.1) is 13.2 Å². The predicted molar refractivity (Wildman–Crippen MR) is 61.0 cm³/mol. The van der Waals surface area contributed by atoms with E-state index in [1.54, 1.807) is 0 Å². The van der Waals surface area contributed by atoms with Gasteiger partial charge in [-0.25, -0.2) is 0 Å². The predicted octanol–water partition coefficient (Wildman–Crippen LogP) is -0.733. The zero-order chi connectivity index (χ0) is 11.5. The lowest BCUT2D eigenvalue weighted by Gasteiger charge is -2.33. The quantitative estimate of drug-likeness (QED) is 0.690. The first-order valence-electron chi connectivity index (χ1n) is 6.02. The van der Waals surface area contributed by atoms with Gasteiger partial charge >= 0.3 is 0 Å². The van der Waals surface area contributed by atoms with E-state index in [1.165, 1.54) is 0 Å². The Kier molecular flexibility index (Phi) is 3.78. The highest BCUT2D eigenvalue weighted by molar-refractivity contribution is 5.79. The molecule has 2 aliphatic rings. The summed E-state index contributed by atoms with van der Waals surface area (Å²) in [5.41, 5.74) is 5.79. The standard InChI is InChI=1S/C11H21N3O2/c1-9(7-13-2-4-16-5-3-13)14-8-10(12)6-11(14)15/h9-10H,2-8,12H2,1H3. The van der Waals surface area contributed by atoms with Gasteiger partial charge < -0.3 is 15.4 Å². The summed E-state index contributed by atoms with van der Waals surface area (Å²) in [5.74, 6) is 0.202. The van der Waals surface area contributed by atoms with Crippen molar-refractivity contribution in [2.24, 2.45) is 5.73 Å². The highest BCUT2D eigenvalue weighted by Crippen LogP contribution is 2.14. The fraction of sp³-hybridized carbons (Fsp3) is 0.909. The molecule has 5 nitrogen and oxygen atoms in total. The smallest absolute Gasteiger partial charge is 0.224 e. The first kappa shape index (κ1) is 11.8. The van der Waals surface area contributed by atoms with Crippen LogP contribution in [0.15, 0.2) is 0 Å². The van der Waals surface area contributed by atoms with E-state index in [9.17, 15) is 4.79 Å².